The van der Waals surface area contributed by atoms with E-state index >= 15 is 0 Å². The molecule has 7 heteroatoms. The van der Waals surface area contributed by atoms with E-state index in [2.05, 4.69) is 5.32 Å². The monoisotopic (exact) mass is 267 g/mol. The molecule has 0 saturated heterocycles. The van der Waals surface area contributed by atoms with Gasteiger partial charge in [0.15, 0.2) is 6.61 Å². The molecule has 7 nitrogen and oxygen atoms in total. The molecule has 19 heavy (non-hydrogen) atoms. The molecule has 0 saturated carbocycles. The first-order valence-corrected chi connectivity index (χ1v) is 5.93. The van der Waals surface area contributed by atoms with Gasteiger partial charge in [-0.1, -0.05) is 6.92 Å². The molecule has 0 aliphatic rings. The van der Waals surface area contributed by atoms with Gasteiger partial charge >= 0.3 is 0 Å². The van der Waals surface area contributed by atoms with Crippen LogP contribution < -0.4 is 15.8 Å². The second-order valence-electron chi connectivity index (χ2n) is 3.98. The molecule has 3 N–H and O–H groups in total. The van der Waals surface area contributed by atoms with Crippen LogP contribution in [0.1, 0.15) is 18.9 Å². The standard InChI is InChI=1S/C12H17N3O4/c1-2-5-14-7-9-6-10(15(17)18)3-4-11(9)19-8-12(13)16/h3-4,6,14H,2,5,7-8H2,1H3,(H2,13,16). The molecule has 104 valence electrons. The third kappa shape index (κ3) is 4.92. The summed E-state index contributed by atoms with van der Waals surface area (Å²) in [5, 5.41) is 13.9. The van der Waals surface area contributed by atoms with Crippen LogP contribution >= 0.6 is 0 Å². The van der Waals surface area contributed by atoms with Crippen LogP contribution in [-0.4, -0.2) is 24.0 Å². The third-order valence-electron chi connectivity index (χ3n) is 2.37. The molecule has 0 radical (unpaired) electrons. The van der Waals surface area contributed by atoms with Crippen LogP contribution in [-0.2, 0) is 11.3 Å². The Balaban J connectivity index is 2.86. The van der Waals surface area contributed by atoms with Gasteiger partial charge in [0, 0.05) is 24.2 Å². The zero-order valence-electron chi connectivity index (χ0n) is 10.7. The number of amides is 1. The first kappa shape index (κ1) is 14.9. The minimum Gasteiger partial charge on any atom is -0.483 e. The number of carbonyl (C=O) groups excluding carboxylic acids is 1. The van der Waals surface area contributed by atoms with Gasteiger partial charge in [-0.3, -0.25) is 14.9 Å². The van der Waals surface area contributed by atoms with E-state index in [-0.39, 0.29) is 12.3 Å². The molecule has 0 bridgehead atoms. The Kier molecular flexibility index (Phi) is 5.74. The molecule has 1 aromatic rings. The lowest BCUT2D eigenvalue weighted by atomic mass is 10.1. The maximum atomic E-state index is 10.7. The Hall–Kier alpha value is -2.15. The van der Waals surface area contributed by atoms with Crippen LogP contribution in [0.2, 0.25) is 0 Å². The SMILES string of the molecule is CCCNCc1cc([N+](=O)[O-])ccc1OCC(N)=O. The number of hydrogen-bond acceptors (Lipinski definition) is 5. The average molecular weight is 267 g/mol. The van der Waals surface area contributed by atoms with Crippen LogP contribution in [0.4, 0.5) is 5.69 Å². The summed E-state index contributed by atoms with van der Waals surface area (Å²) < 4.78 is 5.23. The number of nitrogens with one attached hydrogen (secondary N) is 1. The topological polar surface area (TPSA) is 107 Å². The quantitative estimate of drug-likeness (QED) is 0.414. The molecule has 0 spiro atoms. The van der Waals surface area contributed by atoms with Crippen LogP contribution in [0.25, 0.3) is 0 Å². The van der Waals surface area contributed by atoms with Crippen molar-refractivity contribution in [3.05, 3.63) is 33.9 Å². The summed E-state index contributed by atoms with van der Waals surface area (Å²) in [5.41, 5.74) is 5.62. The lowest BCUT2D eigenvalue weighted by molar-refractivity contribution is -0.384. The highest BCUT2D eigenvalue weighted by molar-refractivity contribution is 5.75. The molecule has 0 atom stereocenters. The summed E-state index contributed by atoms with van der Waals surface area (Å²) >= 11 is 0. The number of nitro groups is 1. The Morgan fingerprint density at radius 2 is 2.26 bits per heavy atom. The van der Waals surface area contributed by atoms with Crippen molar-refractivity contribution >= 4 is 11.6 Å². The summed E-state index contributed by atoms with van der Waals surface area (Å²) in [6, 6.07) is 4.24. The lowest BCUT2D eigenvalue weighted by Crippen LogP contribution is -2.21. The van der Waals surface area contributed by atoms with Gasteiger partial charge in [-0.15, -0.1) is 0 Å². The number of primary amides is 1. The molecule has 0 aliphatic carbocycles. The minimum absolute atomic E-state index is 0.0141. The van der Waals surface area contributed by atoms with Gasteiger partial charge in [0.05, 0.1) is 4.92 Å². The zero-order chi connectivity index (χ0) is 14.3. The van der Waals surface area contributed by atoms with Gasteiger partial charge in [0.25, 0.3) is 11.6 Å². The fraction of sp³-hybridized carbons (Fsp3) is 0.417. The van der Waals surface area contributed by atoms with Crippen LogP contribution in [0.5, 0.6) is 5.75 Å². The summed E-state index contributed by atoms with van der Waals surface area (Å²) in [6.07, 6.45) is 0.951. The number of nitrogens with zero attached hydrogens (tertiary/aromatic N) is 1. The summed E-state index contributed by atoms with van der Waals surface area (Å²) in [4.78, 5) is 21.0. The van der Waals surface area contributed by atoms with Crippen molar-refractivity contribution in [2.24, 2.45) is 5.73 Å². The Morgan fingerprint density at radius 1 is 1.53 bits per heavy atom. The zero-order valence-corrected chi connectivity index (χ0v) is 10.7. The Morgan fingerprint density at radius 3 is 2.84 bits per heavy atom. The number of non-ortho nitro benzene ring substituents is 1. The number of benzene rings is 1. The number of nitro benzene ring substituents is 1. The molecule has 0 fully saturated rings. The van der Waals surface area contributed by atoms with E-state index in [1.807, 2.05) is 6.92 Å². The number of hydrogen-bond donors (Lipinski definition) is 2. The summed E-state index contributed by atoms with van der Waals surface area (Å²) in [7, 11) is 0. The van der Waals surface area contributed by atoms with Crippen LogP contribution in [0.3, 0.4) is 0 Å². The van der Waals surface area contributed by atoms with Crippen molar-refractivity contribution in [3.63, 3.8) is 0 Å². The van der Waals surface area contributed by atoms with Gasteiger partial charge < -0.3 is 15.8 Å². The highest BCUT2D eigenvalue weighted by atomic mass is 16.6. The predicted molar refractivity (Wildman–Crippen MR) is 69.8 cm³/mol. The molecule has 1 aromatic carbocycles. The normalized spacial score (nSPS) is 10.2. The molecule has 0 aliphatic heterocycles. The third-order valence-corrected chi connectivity index (χ3v) is 2.37. The Bertz CT molecular complexity index is 462. The summed E-state index contributed by atoms with van der Waals surface area (Å²) in [5.74, 6) is -0.168. The fourth-order valence-corrected chi connectivity index (χ4v) is 1.51. The highest BCUT2D eigenvalue weighted by Gasteiger charge is 2.12. The smallest absolute Gasteiger partial charge is 0.270 e. The van der Waals surface area contributed by atoms with Crippen molar-refractivity contribution < 1.29 is 14.5 Å². The van der Waals surface area contributed by atoms with E-state index in [9.17, 15) is 14.9 Å². The van der Waals surface area contributed by atoms with E-state index in [1.54, 1.807) is 0 Å². The predicted octanol–water partition coefficient (Wildman–Crippen LogP) is 0.958. The number of ether oxygens (including phenoxy) is 1. The number of carbonyl (C=O) groups is 1. The van der Waals surface area contributed by atoms with Gasteiger partial charge in [0.2, 0.25) is 0 Å². The van der Waals surface area contributed by atoms with Crippen LogP contribution in [0.15, 0.2) is 18.2 Å². The van der Waals surface area contributed by atoms with E-state index in [4.69, 9.17) is 10.5 Å². The molecule has 1 amide bonds. The van der Waals surface area contributed by atoms with Gasteiger partial charge in [-0.2, -0.15) is 0 Å². The molecule has 0 heterocycles. The fourth-order valence-electron chi connectivity index (χ4n) is 1.51. The average Bonchev–Trinajstić information content (AvgIpc) is 2.37. The van der Waals surface area contributed by atoms with Crippen molar-refractivity contribution in [1.82, 2.24) is 5.32 Å². The van der Waals surface area contributed by atoms with Gasteiger partial charge in [-0.05, 0) is 19.0 Å². The first-order chi connectivity index (χ1) is 9.04. The second-order valence-corrected chi connectivity index (χ2v) is 3.98. The largest absolute Gasteiger partial charge is 0.483 e. The molecule has 0 unspecified atom stereocenters. The first-order valence-electron chi connectivity index (χ1n) is 5.93. The van der Waals surface area contributed by atoms with E-state index in [0.717, 1.165) is 13.0 Å². The highest BCUT2D eigenvalue weighted by Crippen LogP contribution is 2.24. The van der Waals surface area contributed by atoms with Crippen molar-refractivity contribution in [2.75, 3.05) is 13.2 Å². The summed E-state index contributed by atoms with van der Waals surface area (Å²) in [6.45, 7) is 2.99. The lowest BCUT2D eigenvalue weighted by Gasteiger charge is -2.10. The Labute approximate surface area is 110 Å². The molecular weight excluding hydrogens is 250 g/mol. The molecular formula is C12H17N3O4. The van der Waals surface area contributed by atoms with Crippen molar-refractivity contribution in [1.29, 1.82) is 0 Å². The van der Waals surface area contributed by atoms with Crippen molar-refractivity contribution in [3.8, 4) is 5.75 Å². The molecule has 1 rings (SSSR count). The molecule has 0 aromatic heterocycles. The maximum absolute atomic E-state index is 10.7. The number of rotatable bonds is 8. The van der Waals surface area contributed by atoms with E-state index in [0.29, 0.717) is 17.9 Å². The van der Waals surface area contributed by atoms with E-state index in [1.165, 1.54) is 18.2 Å². The van der Waals surface area contributed by atoms with E-state index < -0.39 is 10.8 Å². The van der Waals surface area contributed by atoms with Gasteiger partial charge in [0.1, 0.15) is 5.75 Å². The van der Waals surface area contributed by atoms with Gasteiger partial charge in [-0.25, -0.2) is 0 Å². The number of nitrogens with two attached hydrogens (primary N) is 1. The second kappa shape index (κ2) is 7.32. The van der Waals surface area contributed by atoms with Crippen molar-refractivity contribution in [2.45, 2.75) is 19.9 Å². The minimum atomic E-state index is -0.592. The maximum Gasteiger partial charge on any atom is 0.270 e. The van der Waals surface area contributed by atoms with Crippen LogP contribution in [0, 0.1) is 10.1 Å².